The van der Waals surface area contributed by atoms with Gasteiger partial charge < -0.3 is 9.67 Å². The summed E-state index contributed by atoms with van der Waals surface area (Å²) in [5.41, 5.74) is 1.47. The number of halogens is 1. The predicted octanol–water partition coefficient (Wildman–Crippen LogP) is 2.69. The molecule has 0 aliphatic heterocycles. The van der Waals surface area contributed by atoms with Gasteiger partial charge in [0.1, 0.15) is 5.82 Å². The van der Waals surface area contributed by atoms with E-state index in [1.54, 1.807) is 6.07 Å². The number of aliphatic carboxylic acids is 1. The summed E-state index contributed by atoms with van der Waals surface area (Å²) in [5, 5.41) is 9.39. The standard InChI is InChI=1S/C12H11FN2O2S/c13-7-1-4-9-10(5-7)15(8-2-3-8)12(14-9)18-6-11(16)17/h1,4-5,8H,2-3,6H2,(H,16,17). The quantitative estimate of drug-likeness (QED) is 0.864. The first-order chi connectivity index (χ1) is 8.65. The number of fused-ring (bicyclic) bond motifs is 1. The molecule has 1 aromatic heterocycles. The Morgan fingerprint density at radius 2 is 2.33 bits per heavy atom. The fourth-order valence-corrected chi connectivity index (χ4v) is 2.76. The summed E-state index contributed by atoms with van der Waals surface area (Å²) < 4.78 is 15.2. The Kier molecular flexibility index (Phi) is 2.74. The summed E-state index contributed by atoms with van der Waals surface area (Å²) in [4.78, 5) is 15.0. The topological polar surface area (TPSA) is 55.1 Å². The molecule has 1 saturated carbocycles. The minimum absolute atomic E-state index is 0.0292. The van der Waals surface area contributed by atoms with Crippen molar-refractivity contribution in [2.24, 2.45) is 0 Å². The molecule has 1 aromatic carbocycles. The van der Waals surface area contributed by atoms with Gasteiger partial charge in [0.15, 0.2) is 5.16 Å². The molecule has 6 heteroatoms. The molecule has 1 aliphatic carbocycles. The lowest BCUT2D eigenvalue weighted by molar-refractivity contribution is -0.133. The molecule has 1 heterocycles. The molecule has 0 atom stereocenters. The number of thioether (sulfide) groups is 1. The summed E-state index contributed by atoms with van der Waals surface area (Å²) in [7, 11) is 0. The van der Waals surface area contributed by atoms with Gasteiger partial charge in [0, 0.05) is 6.04 Å². The molecule has 0 bridgehead atoms. The summed E-state index contributed by atoms with van der Waals surface area (Å²) in [5.74, 6) is -1.20. The van der Waals surface area contributed by atoms with Crippen LogP contribution in [0.5, 0.6) is 0 Å². The first kappa shape index (κ1) is 11.5. The second-order valence-electron chi connectivity index (χ2n) is 4.31. The highest BCUT2D eigenvalue weighted by molar-refractivity contribution is 7.99. The Hall–Kier alpha value is -1.56. The second-order valence-corrected chi connectivity index (χ2v) is 5.25. The fraction of sp³-hybridized carbons (Fsp3) is 0.333. The van der Waals surface area contributed by atoms with Crippen LogP contribution in [-0.2, 0) is 4.79 Å². The van der Waals surface area contributed by atoms with Crippen molar-refractivity contribution in [3.05, 3.63) is 24.0 Å². The first-order valence-electron chi connectivity index (χ1n) is 5.67. The van der Waals surface area contributed by atoms with Gasteiger partial charge in [-0.1, -0.05) is 11.8 Å². The molecule has 3 rings (SSSR count). The second kappa shape index (κ2) is 4.28. The van der Waals surface area contributed by atoms with Gasteiger partial charge in [0.05, 0.1) is 16.8 Å². The van der Waals surface area contributed by atoms with Crippen LogP contribution in [0.2, 0.25) is 0 Å². The van der Waals surface area contributed by atoms with E-state index in [1.165, 1.54) is 23.9 Å². The summed E-state index contributed by atoms with van der Waals surface area (Å²) in [6.07, 6.45) is 2.09. The lowest BCUT2D eigenvalue weighted by Crippen LogP contribution is -2.02. The normalized spacial score (nSPS) is 15.2. The van der Waals surface area contributed by atoms with Crippen molar-refractivity contribution in [1.29, 1.82) is 0 Å². The lowest BCUT2D eigenvalue weighted by Gasteiger charge is -2.05. The SMILES string of the molecule is O=C(O)CSc1nc2ccc(F)cc2n1C1CC1. The van der Waals surface area contributed by atoms with Gasteiger partial charge in [-0.05, 0) is 31.0 Å². The molecule has 0 amide bonds. The third kappa shape index (κ3) is 2.08. The summed E-state index contributed by atoms with van der Waals surface area (Å²) in [6.45, 7) is 0. The van der Waals surface area contributed by atoms with Crippen molar-refractivity contribution in [3.8, 4) is 0 Å². The highest BCUT2D eigenvalue weighted by Crippen LogP contribution is 2.41. The van der Waals surface area contributed by atoms with Crippen LogP contribution >= 0.6 is 11.8 Å². The summed E-state index contributed by atoms with van der Waals surface area (Å²) >= 11 is 1.18. The van der Waals surface area contributed by atoms with E-state index in [0.717, 1.165) is 23.9 Å². The van der Waals surface area contributed by atoms with Crippen molar-refractivity contribution >= 4 is 28.8 Å². The van der Waals surface area contributed by atoms with Crippen LogP contribution in [0.3, 0.4) is 0 Å². The van der Waals surface area contributed by atoms with Crippen molar-refractivity contribution in [1.82, 2.24) is 9.55 Å². The molecule has 94 valence electrons. The van der Waals surface area contributed by atoms with Crippen LogP contribution in [0, 0.1) is 5.82 Å². The van der Waals surface area contributed by atoms with Gasteiger partial charge in [0.25, 0.3) is 0 Å². The molecule has 1 N–H and O–H groups in total. The van der Waals surface area contributed by atoms with Crippen molar-refractivity contribution in [2.75, 3.05) is 5.75 Å². The molecule has 4 nitrogen and oxygen atoms in total. The molecule has 18 heavy (non-hydrogen) atoms. The number of carboxylic acid groups (broad SMARTS) is 1. The van der Waals surface area contributed by atoms with Gasteiger partial charge in [-0.2, -0.15) is 0 Å². The van der Waals surface area contributed by atoms with Gasteiger partial charge in [0.2, 0.25) is 0 Å². The van der Waals surface area contributed by atoms with E-state index in [2.05, 4.69) is 4.98 Å². The summed E-state index contributed by atoms with van der Waals surface area (Å²) in [6, 6.07) is 4.81. The molecule has 0 saturated heterocycles. The van der Waals surface area contributed by atoms with Crippen molar-refractivity contribution < 1.29 is 14.3 Å². The van der Waals surface area contributed by atoms with Gasteiger partial charge in [-0.3, -0.25) is 4.79 Å². The highest BCUT2D eigenvalue weighted by atomic mass is 32.2. The first-order valence-corrected chi connectivity index (χ1v) is 6.66. The number of carboxylic acids is 1. The molecule has 2 aromatic rings. The number of rotatable bonds is 4. The largest absolute Gasteiger partial charge is 0.481 e. The third-order valence-electron chi connectivity index (χ3n) is 2.86. The zero-order chi connectivity index (χ0) is 12.7. The minimum Gasteiger partial charge on any atom is -0.481 e. The smallest absolute Gasteiger partial charge is 0.313 e. The van der Waals surface area contributed by atoms with E-state index in [4.69, 9.17) is 5.11 Å². The number of aromatic nitrogens is 2. The maximum atomic E-state index is 13.3. The van der Waals surface area contributed by atoms with Crippen molar-refractivity contribution in [3.63, 3.8) is 0 Å². The van der Waals surface area contributed by atoms with Crippen LogP contribution < -0.4 is 0 Å². The number of carbonyl (C=O) groups is 1. The maximum absolute atomic E-state index is 13.3. The Labute approximate surface area is 107 Å². The van der Waals surface area contributed by atoms with Crippen LogP contribution in [0.4, 0.5) is 4.39 Å². The van der Waals surface area contributed by atoms with E-state index in [0.29, 0.717) is 11.2 Å². The van der Waals surface area contributed by atoms with Crippen LogP contribution in [0.1, 0.15) is 18.9 Å². The zero-order valence-corrected chi connectivity index (χ0v) is 10.3. The molecular weight excluding hydrogens is 255 g/mol. The number of nitrogens with zero attached hydrogens (tertiary/aromatic N) is 2. The Morgan fingerprint density at radius 1 is 1.56 bits per heavy atom. The molecule has 0 unspecified atom stereocenters. The average Bonchev–Trinajstić information content (AvgIpc) is 3.08. The maximum Gasteiger partial charge on any atom is 0.313 e. The van der Waals surface area contributed by atoms with Gasteiger partial charge in [-0.15, -0.1) is 0 Å². The minimum atomic E-state index is -0.874. The number of hydrogen-bond acceptors (Lipinski definition) is 3. The average molecular weight is 266 g/mol. The lowest BCUT2D eigenvalue weighted by atomic mass is 10.3. The zero-order valence-electron chi connectivity index (χ0n) is 9.47. The number of benzene rings is 1. The number of hydrogen-bond donors (Lipinski definition) is 1. The molecule has 0 spiro atoms. The molecule has 0 radical (unpaired) electrons. The monoisotopic (exact) mass is 266 g/mol. The molecule has 1 fully saturated rings. The predicted molar refractivity (Wildman–Crippen MR) is 66.3 cm³/mol. The number of imidazole rings is 1. The van der Waals surface area contributed by atoms with Crippen LogP contribution in [0.15, 0.2) is 23.4 Å². The Balaban J connectivity index is 2.06. The van der Waals surface area contributed by atoms with Gasteiger partial charge in [-0.25, -0.2) is 9.37 Å². The molecule has 1 aliphatic rings. The van der Waals surface area contributed by atoms with E-state index < -0.39 is 5.97 Å². The highest BCUT2D eigenvalue weighted by Gasteiger charge is 2.28. The van der Waals surface area contributed by atoms with E-state index in [-0.39, 0.29) is 11.6 Å². The van der Waals surface area contributed by atoms with E-state index >= 15 is 0 Å². The van der Waals surface area contributed by atoms with Crippen molar-refractivity contribution in [2.45, 2.75) is 24.0 Å². The molecular formula is C12H11FN2O2S. The van der Waals surface area contributed by atoms with E-state index in [9.17, 15) is 9.18 Å². The van der Waals surface area contributed by atoms with Crippen LogP contribution in [0.25, 0.3) is 11.0 Å². The van der Waals surface area contributed by atoms with Gasteiger partial charge >= 0.3 is 5.97 Å². The fourth-order valence-electron chi connectivity index (χ4n) is 1.96. The van der Waals surface area contributed by atoms with Crippen LogP contribution in [-0.4, -0.2) is 26.4 Å². The Morgan fingerprint density at radius 3 is 3.00 bits per heavy atom. The van der Waals surface area contributed by atoms with E-state index in [1.807, 2.05) is 4.57 Å². The Bertz CT molecular complexity index is 622. The third-order valence-corrected chi connectivity index (χ3v) is 3.79.